The topological polar surface area (TPSA) is 59.1 Å². The molecule has 120 valence electrons. The van der Waals surface area contributed by atoms with Gasteiger partial charge in [-0.05, 0) is 39.0 Å². The molecule has 0 aliphatic rings. The summed E-state index contributed by atoms with van der Waals surface area (Å²) >= 11 is 3.04. The molecular weight excluding hydrogens is 348 g/mol. The lowest BCUT2D eigenvalue weighted by atomic mass is 10.3. The van der Waals surface area contributed by atoms with Crippen molar-refractivity contribution in [2.45, 2.75) is 25.7 Å². The van der Waals surface area contributed by atoms with E-state index in [9.17, 15) is 8.42 Å². The van der Waals surface area contributed by atoms with Gasteiger partial charge in [0, 0.05) is 15.4 Å². The van der Waals surface area contributed by atoms with Crippen molar-refractivity contribution in [1.82, 2.24) is 4.98 Å². The summed E-state index contributed by atoms with van der Waals surface area (Å²) in [6.45, 7) is 5.80. The van der Waals surface area contributed by atoms with Crippen molar-refractivity contribution in [3.8, 4) is 9.88 Å². The number of hydrogen-bond donors (Lipinski definition) is 1. The van der Waals surface area contributed by atoms with E-state index in [1.807, 2.05) is 26.8 Å². The normalized spacial score (nSPS) is 11.6. The van der Waals surface area contributed by atoms with Crippen LogP contribution in [0.4, 0.5) is 5.69 Å². The third-order valence-corrected chi connectivity index (χ3v) is 7.36. The molecule has 0 aliphatic carbocycles. The van der Waals surface area contributed by atoms with E-state index in [1.165, 1.54) is 11.3 Å². The molecule has 2 aromatic heterocycles. The average Bonchev–Trinajstić information content (AvgIpc) is 3.04. The van der Waals surface area contributed by atoms with Crippen molar-refractivity contribution in [1.29, 1.82) is 0 Å². The van der Waals surface area contributed by atoms with Gasteiger partial charge in [-0.3, -0.25) is 4.72 Å². The molecular formula is C16H16N2O2S3. The molecule has 0 atom stereocenters. The molecule has 3 rings (SSSR count). The maximum Gasteiger partial charge on any atom is 0.263 e. The van der Waals surface area contributed by atoms with Gasteiger partial charge in [-0.1, -0.05) is 18.2 Å². The molecule has 7 heteroatoms. The number of aryl methyl sites for hydroxylation is 3. The van der Waals surface area contributed by atoms with Crippen molar-refractivity contribution < 1.29 is 8.42 Å². The molecule has 2 heterocycles. The van der Waals surface area contributed by atoms with Crippen LogP contribution in [0.15, 0.2) is 41.3 Å². The number of rotatable bonds is 4. The standard InChI is InChI=1S/C16H16N2O2S3/c1-10-11(2)22-16(17-10)14-9-15(12(3)21-14)23(19,20)18-13-7-5-4-6-8-13/h4-9,18H,1-3H3. The van der Waals surface area contributed by atoms with E-state index >= 15 is 0 Å². The Morgan fingerprint density at radius 2 is 1.70 bits per heavy atom. The van der Waals surface area contributed by atoms with E-state index < -0.39 is 10.0 Å². The lowest BCUT2D eigenvalue weighted by Crippen LogP contribution is -2.12. The lowest BCUT2D eigenvalue weighted by Gasteiger charge is -2.06. The largest absolute Gasteiger partial charge is 0.280 e. The smallest absolute Gasteiger partial charge is 0.263 e. The number of hydrogen-bond acceptors (Lipinski definition) is 5. The van der Waals surface area contributed by atoms with E-state index in [-0.39, 0.29) is 0 Å². The van der Waals surface area contributed by atoms with E-state index in [4.69, 9.17) is 0 Å². The number of benzene rings is 1. The molecule has 0 amide bonds. The SMILES string of the molecule is Cc1nc(-c2cc(S(=O)(=O)Nc3ccccc3)c(C)s2)sc1C. The van der Waals surface area contributed by atoms with Crippen molar-refractivity contribution in [3.63, 3.8) is 0 Å². The van der Waals surface area contributed by atoms with Crippen LogP contribution in [0, 0.1) is 20.8 Å². The van der Waals surface area contributed by atoms with E-state index in [0.717, 1.165) is 25.3 Å². The highest BCUT2D eigenvalue weighted by Crippen LogP contribution is 2.36. The second-order valence-corrected chi connectivity index (χ2v) is 9.27. The molecule has 0 unspecified atom stereocenters. The minimum absolute atomic E-state index is 0.312. The number of anilines is 1. The molecule has 1 N–H and O–H groups in total. The number of aromatic nitrogens is 1. The molecule has 0 saturated heterocycles. The Kier molecular flexibility index (Phi) is 4.27. The Bertz CT molecular complexity index is 922. The molecule has 0 saturated carbocycles. The lowest BCUT2D eigenvalue weighted by molar-refractivity contribution is 0.601. The second kappa shape index (κ2) is 6.07. The molecule has 23 heavy (non-hydrogen) atoms. The zero-order valence-electron chi connectivity index (χ0n) is 13.0. The zero-order valence-corrected chi connectivity index (χ0v) is 15.4. The Hall–Kier alpha value is -1.70. The first-order chi connectivity index (χ1) is 10.9. The first kappa shape index (κ1) is 16.2. The van der Waals surface area contributed by atoms with Crippen LogP contribution in [0.1, 0.15) is 15.4 Å². The number of sulfonamides is 1. The van der Waals surface area contributed by atoms with Gasteiger partial charge in [-0.15, -0.1) is 22.7 Å². The summed E-state index contributed by atoms with van der Waals surface area (Å²) in [6, 6.07) is 10.6. The quantitative estimate of drug-likeness (QED) is 0.736. The highest BCUT2D eigenvalue weighted by atomic mass is 32.2. The fraction of sp³-hybridized carbons (Fsp3) is 0.188. The number of para-hydroxylation sites is 1. The van der Waals surface area contributed by atoms with Crippen LogP contribution in [0.2, 0.25) is 0 Å². The Labute approximate surface area is 143 Å². The monoisotopic (exact) mass is 364 g/mol. The maximum absolute atomic E-state index is 12.6. The molecule has 0 bridgehead atoms. The fourth-order valence-corrected chi connectivity index (χ4v) is 5.74. The first-order valence-corrected chi connectivity index (χ1v) is 10.1. The van der Waals surface area contributed by atoms with Crippen molar-refractivity contribution in [2.24, 2.45) is 0 Å². The fourth-order valence-electron chi connectivity index (χ4n) is 2.13. The van der Waals surface area contributed by atoms with Crippen molar-refractivity contribution in [3.05, 3.63) is 51.8 Å². The third-order valence-electron chi connectivity index (χ3n) is 3.43. The summed E-state index contributed by atoms with van der Waals surface area (Å²) in [4.78, 5) is 7.62. The highest BCUT2D eigenvalue weighted by molar-refractivity contribution is 7.93. The Morgan fingerprint density at radius 1 is 1.00 bits per heavy atom. The van der Waals surface area contributed by atoms with Crippen LogP contribution in [-0.4, -0.2) is 13.4 Å². The molecule has 1 aromatic carbocycles. The Balaban J connectivity index is 1.97. The van der Waals surface area contributed by atoms with Crippen LogP contribution >= 0.6 is 22.7 Å². The van der Waals surface area contributed by atoms with E-state index in [2.05, 4.69) is 9.71 Å². The summed E-state index contributed by atoms with van der Waals surface area (Å²) < 4.78 is 27.9. The van der Waals surface area contributed by atoms with Gasteiger partial charge in [0.2, 0.25) is 0 Å². The number of thiazole rings is 1. The van der Waals surface area contributed by atoms with Gasteiger partial charge < -0.3 is 0 Å². The summed E-state index contributed by atoms with van der Waals surface area (Å²) in [7, 11) is -3.60. The van der Waals surface area contributed by atoms with Gasteiger partial charge in [-0.2, -0.15) is 0 Å². The van der Waals surface area contributed by atoms with Gasteiger partial charge in [-0.25, -0.2) is 13.4 Å². The molecule has 3 aromatic rings. The minimum Gasteiger partial charge on any atom is -0.280 e. The van der Waals surface area contributed by atoms with Gasteiger partial charge in [0.15, 0.2) is 0 Å². The Morgan fingerprint density at radius 3 is 2.30 bits per heavy atom. The summed E-state index contributed by atoms with van der Waals surface area (Å²) in [5, 5.41) is 0.870. The number of nitrogens with one attached hydrogen (secondary N) is 1. The van der Waals surface area contributed by atoms with E-state index in [1.54, 1.807) is 41.7 Å². The first-order valence-electron chi connectivity index (χ1n) is 6.99. The average molecular weight is 365 g/mol. The number of thiophene rings is 1. The van der Waals surface area contributed by atoms with Crippen LogP contribution in [0.25, 0.3) is 9.88 Å². The second-order valence-electron chi connectivity index (χ2n) is 5.16. The van der Waals surface area contributed by atoms with Crippen LogP contribution in [0.5, 0.6) is 0 Å². The van der Waals surface area contributed by atoms with Crippen LogP contribution in [-0.2, 0) is 10.0 Å². The predicted octanol–water partition coefficient (Wildman–Crippen LogP) is 4.60. The minimum atomic E-state index is -3.60. The van der Waals surface area contributed by atoms with Crippen LogP contribution in [0.3, 0.4) is 0 Å². The molecule has 0 spiro atoms. The molecule has 0 radical (unpaired) electrons. The summed E-state index contributed by atoms with van der Waals surface area (Å²) in [5.74, 6) is 0. The van der Waals surface area contributed by atoms with Gasteiger partial charge >= 0.3 is 0 Å². The highest BCUT2D eigenvalue weighted by Gasteiger charge is 2.21. The zero-order chi connectivity index (χ0) is 16.6. The van der Waals surface area contributed by atoms with Gasteiger partial charge in [0.25, 0.3) is 10.0 Å². The molecule has 4 nitrogen and oxygen atoms in total. The summed E-state index contributed by atoms with van der Waals surface area (Å²) in [5.41, 5.74) is 1.54. The molecule has 0 aliphatic heterocycles. The third kappa shape index (κ3) is 3.31. The van der Waals surface area contributed by atoms with Crippen molar-refractivity contribution >= 4 is 38.4 Å². The van der Waals surface area contributed by atoms with E-state index in [0.29, 0.717) is 10.6 Å². The van der Waals surface area contributed by atoms with Crippen molar-refractivity contribution in [2.75, 3.05) is 4.72 Å². The van der Waals surface area contributed by atoms with Crippen LogP contribution < -0.4 is 4.72 Å². The summed E-state index contributed by atoms with van der Waals surface area (Å²) in [6.07, 6.45) is 0. The molecule has 0 fully saturated rings. The van der Waals surface area contributed by atoms with Gasteiger partial charge in [0.1, 0.15) is 9.90 Å². The predicted molar refractivity (Wildman–Crippen MR) is 96.9 cm³/mol. The van der Waals surface area contributed by atoms with Gasteiger partial charge in [0.05, 0.1) is 10.6 Å². The maximum atomic E-state index is 12.6. The number of nitrogens with zero attached hydrogens (tertiary/aromatic N) is 1.